The van der Waals surface area contributed by atoms with Gasteiger partial charge in [0.15, 0.2) is 0 Å². The standard InChI is InChI=1S/C14H16ClN3/c15-13-3-5-14(6-4-13)18(9-7-16)11-12-2-1-8-17-10-12/h1-6,8,10H,7,9,11,16H2. The Labute approximate surface area is 112 Å². The van der Waals surface area contributed by atoms with E-state index in [1.165, 1.54) is 5.56 Å². The Balaban J connectivity index is 2.15. The quantitative estimate of drug-likeness (QED) is 0.900. The summed E-state index contributed by atoms with van der Waals surface area (Å²) in [5, 5.41) is 0.743. The summed E-state index contributed by atoms with van der Waals surface area (Å²) < 4.78 is 0. The van der Waals surface area contributed by atoms with Crippen molar-refractivity contribution in [1.82, 2.24) is 4.98 Å². The molecule has 2 aromatic rings. The molecule has 0 amide bonds. The molecule has 2 N–H and O–H groups in total. The minimum Gasteiger partial charge on any atom is -0.366 e. The second kappa shape index (κ2) is 6.38. The van der Waals surface area contributed by atoms with Gasteiger partial charge < -0.3 is 10.6 Å². The molecule has 0 saturated heterocycles. The van der Waals surface area contributed by atoms with Gasteiger partial charge in [-0.3, -0.25) is 4.98 Å². The molecule has 2 rings (SSSR count). The van der Waals surface area contributed by atoms with Crippen LogP contribution in [-0.4, -0.2) is 18.1 Å². The van der Waals surface area contributed by atoms with E-state index >= 15 is 0 Å². The first-order chi connectivity index (χ1) is 8.79. The number of hydrogen-bond acceptors (Lipinski definition) is 3. The highest BCUT2D eigenvalue weighted by Crippen LogP contribution is 2.19. The van der Waals surface area contributed by atoms with Crippen LogP contribution in [-0.2, 0) is 6.54 Å². The van der Waals surface area contributed by atoms with E-state index in [0.29, 0.717) is 6.54 Å². The topological polar surface area (TPSA) is 42.1 Å². The molecule has 0 aliphatic heterocycles. The molecule has 0 saturated carbocycles. The highest BCUT2D eigenvalue weighted by Gasteiger charge is 2.06. The Morgan fingerprint density at radius 2 is 1.94 bits per heavy atom. The minimum atomic E-state index is 0.614. The third-order valence-electron chi connectivity index (χ3n) is 2.69. The van der Waals surface area contributed by atoms with E-state index in [4.69, 9.17) is 17.3 Å². The van der Waals surface area contributed by atoms with Crippen molar-refractivity contribution < 1.29 is 0 Å². The Morgan fingerprint density at radius 1 is 1.17 bits per heavy atom. The summed E-state index contributed by atoms with van der Waals surface area (Å²) in [6.45, 7) is 2.21. The first-order valence-electron chi connectivity index (χ1n) is 5.89. The molecule has 4 heteroatoms. The lowest BCUT2D eigenvalue weighted by molar-refractivity contribution is 0.787. The average molecular weight is 262 g/mol. The van der Waals surface area contributed by atoms with E-state index in [-0.39, 0.29) is 0 Å². The highest BCUT2D eigenvalue weighted by atomic mass is 35.5. The third kappa shape index (κ3) is 3.45. The minimum absolute atomic E-state index is 0.614. The van der Waals surface area contributed by atoms with Gasteiger partial charge in [-0.1, -0.05) is 17.7 Å². The number of halogens is 1. The predicted molar refractivity (Wildman–Crippen MR) is 75.8 cm³/mol. The van der Waals surface area contributed by atoms with Gasteiger partial charge in [-0.05, 0) is 35.9 Å². The molecule has 1 aromatic heterocycles. The molecule has 94 valence electrons. The first-order valence-corrected chi connectivity index (χ1v) is 6.27. The van der Waals surface area contributed by atoms with Gasteiger partial charge in [0, 0.05) is 42.7 Å². The zero-order valence-corrected chi connectivity index (χ0v) is 10.8. The summed E-state index contributed by atoms with van der Waals surface area (Å²) in [7, 11) is 0. The fourth-order valence-electron chi connectivity index (χ4n) is 1.82. The van der Waals surface area contributed by atoms with Gasteiger partial charge in [-0.2, -0.15) is 0 Å². The van der Waals surface area contributed by atoms with Crippen LogP contribution in [0.1, 0.15) is 5.56 Å². The summed E-state index contributed by atoms with van der Waals surface area (Å²) in [5.41, 5.74) is 7.95. The van der Waals surface area contributed by atoms with Crippen molar-refractivity contribution in [3.63, 3.8) is 0 Å². The molecule has 1 heterocycles. The van der Waals surface area contributed by atoms with E-state index in [2.05, 4.69) is 16.0 Å². The maximum atomic E-state index is 5.90. The lowest BCUT2D eigenvalue weighted by Crippen LogP contribution is -2.28. The first kappa shape index (κ1) is 12.9. The van der Waals surface area contributed by atoms with Gasteiger partial charge in [-0.25, -0.2) is 0 Å². The molecular formula is C14H16ClN3. The monoisotopic (exact) mass is 261 g/mol. The zero-order valence-electron chi connectivity index (χ0n) is 10.1. The SMILES string of the molecule is NCCN(Cc1cccnc1)c1ccc(Cl)cc1. The lowest BCUT2D eigenvalue weighted by Gasteiger charge is -2.24. The molecule has 0 atom stereocenters. The van der Waals surface area contributed by atoms with Crippen LogP contribution in [0.5, 0.6) is 0 Å². The van der Waals surface area contributed by atoms with Gasteiger partial charge in [-0.15, -0.1) is 0 Å². The summed E-state index contributed by atoms with van der Waals surface area (Å²) >= 11 is 5.90. The van der Waals surface area contributed by atoms with Crippen molar-refractivity contribution in [2.75, 3.05) is 18.0 Å². The van der Waals surface area contributed by atoms with Crippen LogP contribution < -0.4 is 10.6 Å². The van der Waals surface area contributed by atoms with Crippen LogP contribution >= 0.6 is 11.6 Å². The third-order valence-corrected chi connectivity index (χ3v) is 2.94. The van der Waals surface area contributed by atoms with Gasteiger partial charge in [0.1, 0.15) is 0 Å². The van der Waals surface area contributed by atoms with Crippen molar-refractivity contribution in [3.8, 4) is 0 Å². The molecular weight excluding hydrogens is 246 g/mol. The summed E-state index contributed by atoms with van der Waals surface area (Å²) in [5.74, 6) is 0. The number of anilines is 1. The van der Waals surface area contributed by atoms with Crippen molar-refractivity contribution >= 4 is 17.3 Å². The van der Waals surface area contributed by atoms with Crippen LogP contribution in [0.15, 0.2) is 48.8 Å². The molecule has 0 unspecified atom stereocenters. The second-order valence-electron chi connectivity index (χ2n) is 4.05. The Bertz CT molecular complexity index is 470. The van der Waals surface area contributed by atoms with E-state index in [1.807, 2.05) is 36.5 Å². The summed E-state index contributed by atoms with van der Waals surface area (Å²) in [6, 6.07) is 11.8. The molecule has 0 radical (unpaired) electrons. The predicted octanol–water partition coefficient (Wildman–Crippen LogP) is 2.70. The van der Waals surface area contributed by atoms with Crippen LogP contribution in [0, 0.1) is 0 Å². The number of nitrogens with two attached hydrogens (primary N) is 1. The smallest absolute Gasteiger partial charge is 0.0445 e. The number of nitrogens with zero attached hydrogens (tertiary/aromatic N) is 2. The molecule has 1 aromatic carbocycles. The summed E-state index contributed by atoms with van der Waals surface area (Å²) in [4.78, 5) is 6.34. The normalized spacial score (nSPS) is 10.3. The van der Waals surface area contributed by atoms with Crippen LogP contribution in [0.2, 0.25) is 5.02 Å². The van der Waals surface area contributed by atoms with Gasteiger partial charge in [0.05, 0.1) is 0 Å². The van der Waals surface area contributed by atoms with Crippen molar-refractivity contribution in [2.45, 2.75) is 6.54 Å². The van der Waals surface area contributed by atoms with Crippen molar-refractivity contribution in [3.05, 3.63) is 59.4 Å². The van der Waals surface area contributed by atoms with E-state index < -0.39 is 0 Å². The highest BCUT2D eigenvalue weighted by molar-refractivity contribution is 6.30. The molecule has 3 nitrogen and oxygen atoms in total. The Morgan fingerprint density at radius 3 is 2.56 bits per heavy atom. The van der Waals surface area contributed by atoms with E-state index in [0.717, 1.165) is 23.8 Å². The average Bonchev–Trinajstić information content (AvgIpc) is 2.40. The van der Waals surface area contributed by atoms with E-state index in [9.17, 15) is 0 Å². The number of pyridine rings is 1. The maximum absolute atomic E-state index is 5.90. The van der Waals surface area contributed by atoms with Crippen LogP contribution in [0.3, 0.4) is 0 Å². The molecule has 0 aliphatic carbocycles. The van der Waals surface area contributed by atoms with E-state index in [1.54, 1.807) is 6.20 Å². The second-order valence-corrected chi connectivity index (χ2v) is 4.48. The van der Waals surface area contributed by atoms with Gasteiger partial charge >= 0.3 is 0 Å². The van der Waals surface area contributed by atoms with Gasteiger partial charge in [0.25, 0.3) is 0 Å². The number of aromatic nitrogens is 1. The molecule has 0 bridgehead atoms. The number of rotatable bonds is 5. The zero-order chi connectivity index (χ0) is 12.8. The Kier molecular flexibility index (Phi) is 4.56. The number of benzene rings is 1. The number of hydrogen-bond donors (Lipinski definition) is 1. The fraction of sp³-hybridized carbons (Fsp3) is 0.214. The fourth-order valence-corrected chi connectivity index (χ4v) is 1.95. The molecule has 18 heavy (non-hydrogen) atoms. The maximum Gasteiger partial charge on any atom is 0.0445 e. The molecule has 0 fully saturated rings. The van der Waals surface area contributed by atoms with Crippen molar-refractivity contribution in [1.29, 1.82) is 0 Å². The largest absolute Gasteiger partial charge is 0.366 e. The van der Waals surface area contributed by atoms with Crippen molar-refractivity contribution in [2.24, 2.45) is 5.73 Å². The molecule has 0 aliphatic rings. The van der Waals surface area contributed by atoms with Crippen LogP contribution in [0.4, 0.5) is 5.69 Å². The molecule has 0 spiro atoms. The summed E-state index contributed by atoms with van der Waals surface area (Å²) in [6.07, 6.45) is 3.65. The lowest BCUT2D eigenvalue weighted by atomic mass is 10.2. The van der Waals surface area contributed by atoms with Crippen LogP contribution in [0.25, 0.3) is 0 Å². The Hall–Kier alpha value is -1.58. The van der Waals surface area contributed by atoms with Gasteiger partial charge in [0.2, 0.25) is 0 Å².